The van der Waals surface area contributed by atoms with E-state index in [-0.39, 0.29) is 5.91 Å². The van der Waals surface area contributed by atoms with Crippen molar-refractivity contribution in [1.29, 1.82) is 0 Å². The highest BCUT2D eigenvalue weighted by Gasteiger charge is 2.17. The number of carbonyl (C=O) groups excluding carboxylic acids is 1. The third-order valence-corrected chi connectivity index (χ3v) is 3.48. The highest BCUT2D eigenvalue weighted by molar-refractivity contribution is 5.79. The van der Waals surface area contributed by atoms with Gasteiger partial charge in [-0.25, -0.2) is 4.68 Å². The lowest BCUT2D eigenvalue weighted by molar-refractivity contribution is -0.124. The summed E-state index contributed by atoms with van der Waals surface area (Å²) >= 11 is 0. The van der Waals surface area contributed by atoms with Gasteiger partial charge in [0.1, 0.15) is 29.9 Å². The van der Waals surface area contributed by atoms with E-state index in [9.17, 15) is 4.79 Å². The molecule has 0 saturated carbocycles. The number of furan rings is 1. The molecule has 2 aromatic heterocycles. The molecule has 0 saturated heterocycles. The molecule has 0 radical (unpaired) electrons. The molecule has 124 valence electrons. The topological polar surface area (TPSA) is 82.2 Å². The van der Waals surface area contributed by atoms with Crippen molar-refractivity contribution in [1.82, 2.24) is 20.3 Å². The zero-order valence-corrected chi connectivity index (χ0v) is 13.3. The molecule has 1 N–H and O–H groups in total. The number of ether oxygens (including phenoxy) is 1. The Labute approximate surface area is 139 Å². The first kappa shape index (κ1) is 15.8. The Morgan fingerprint density at radius 3 is 2.88 bits per heavy atom. The largest absolute Gasteiger partial charge is 0.487 e. The standard InChI is InChI=1S/C17H18N4O3/c1-13(17(22)18-10-16-8-5-9-23-16)21-11-14(19-20-21)12-24-15-6-3-2-4-7-15/h2-9,11,13H,10,12H2,1H3,(H,18,22). The Morgan fingerprint density at radius 2 is 2.12 bits per heavy atom. The second-order valence-corrected chi connectivity index (χ2v) is 5.26. The monoisotopic (exact) mass is 326 g/mol. The molecule has 24 heavy (non-hydrogen) atoms. The number of carbonyl (C=O) groups is 1. The van der Waals surface area contributed by atoms with E-state index in [1.165, 1.54) is 4.68 Å². The lowest BCUT2D eigenvalue weighted by Crippen LogP contribution is -2.30. The zero-order chi connectivity index (χ0) is 16.8. The summed E-state index contributed by atoms with van der Waals surface area (Å²) in [6.45, 7) is 2.40. The summed E-state index contributed by atoms with van der Waals surface area (Å²) in [6, 6.07) is 12.6. The summed E-state index contributed by atoms with van der Waals surface area (Å²) in [7, 11) is 0. The number of para-hydroxylation sites is 1. The summed E-state index contributed by atoms with van der Waals surface area (Å²) in [6.07, 6.45) is 3.28. The van der Waals surface area contributed by atoms with E-state index in [1.54, 1.807) is 31.5 Å². The fourth-order valence-electron chi connectivity index (χ4n) is 2.10. The number of benzene rings is 1. The van der Waals surface area contributed by atoms with Gasteiger partial charge in [-0.3, -0.25) is 4.79 Å². The third kappa shape index (κ3) is 4.01. The van der Waals surface area contributed by atoms with Gasteiger partial charge in [-0.1, -0.05) is 23.4 Å². The van der Waals surface area contributed by atoms with Gasteiger partial charge >= 0.3 is 0 Å². The van der Waals surface area contributed by atoms with Crippen molar-refractivity contribution < 1.29 is 13.9 Å². The maximum absolute atomic E-state index is 12.2. The van der Waals surface area contributed by atoms with E-state index < -0.39 is 6.04 Å². The van der Waals surface area contributed by atoms with E-state index in [2.05, 4.69) is 15.6 Å². The molecule has 0 spiro atoms. The molecule has 0 aliphatic rings. The van der Waals surface area contributed by atoms with E-state index >= 15 is 0 Å². The van der Waals surface area contributed by atoms with Gasteiger partial charge in [0.05, 0.1) is 19.0 Å². The van der Waals surface area contributed by atoms with Crippen molar-refractivity contribution in [2.75, 3.05) is 0 Å². The summed E-state index contributed by atoms with van der Waals surface area (Å²) in [4.78, 5) is 12.2. The number of aromatic nitrogens is 3. The van der Waals surface area contributed by atoms with Gasteiger partial charge in [-0.05, 0) is 31.2 Å². The summed E-state index contributed by atoms with van der Waals surface area (Å²) < 4.78 is 12.3. The first-order valence-corrected chi connectivity index (χ1v) is 7.61. The molecule has 1 unspecified atom stereocenters. The average Bonchev–Trinajstić information content (AvgIpc) is 3.30. The van der Waals surface area contributed by atoms with Crippen LogP contribution in [0, 0.1) is 0 Å². The van der Waals surface area contributed by atoms with Crippen molar-refractivity contribution in [2.24, 2.45) is 0 Å². The SMILES string of the molecule is CC(C(=O)NCc1ccco1)n1cc(COc2ccccc2)nn1. The second kappa shape index (κ2) is 7.45. The summed E-state index contributed by atoms with van der Waals surface area (Å²) in [5.74, 6) is 1.30. The molecule has 0 bridgehead atoms. The minimum Gasteiger partial charge on any atom is -0.487 e. The molecule has 1 atom stereocenters. The smallest absolute Gasteiger partial charge is 0.245 e. The normalized spacial score (nSPS) is 11.9. The average molecular weight is 326 g/mol. The predicted octanol–water partition coefficient (Wildman–Crippen LogP) is 2.33. The molecule has 3 rings (SSSR count). The maximum Gasteiger partial charge on any atom is 0.245 e. The van der Waals surface area contributed by atoms with Gasteiger partial charge in [-0.15, -0.1) is 5.10 Å². The van der Waals surface area contributed by atoms with Crippen LogP contribution < -0.4 is 10.1 Å². The molecule has 7 heteroatoms. The third-order valence-electron chi connectivity index (χ3n) is 3.48. The zero-order valence-electron chi connectivity index (χ0n) is 13.3. The van der Waals surface area contributed by atoms with Crippen LogP contribution >= 0.6 is 0 Å². The van der Waals surface area contributed by atoms with Gasteiger partial charge < -0.3 is 14.5 Å². The Kier molecular flexibility index (Phi) is 4.90. The van der Waals surface area contributed by atoms with Gasteiger partial charge in [0.2, 0.25) is 5.91 Å². The Balaban J connectivity index is 1.53. The summed E-state index contributed by atoms with van der Waals surface area (Å²) in [5, 5.41) is 10.8. The number of amides is 1. The fourth-order valence-corrected chi connectivity index (χ4v) is 2.10. The van der Waals surface area contributed by atoms with Gasteiger partial charge in [-0.2, -0.15) is 0 Å². The van der Waals surface area contributed by atoms with Crippen LogP contribution in [0.15, 0.2) is 59.3 Å². The highest BCUT2D eigenvalue weighted by atomic mass is 16.5. The Hall–Kier alpha value is -3.09. The number of hydrogen-bond acceptors (Lipinski definition) is 5. The molecule has 1 amide bonds. The van der Waals surface area contributed by atoms with Crippen LogP contribution in [0.3, 0.4) is 0 Å². The lowest BCUT2D eigenvalue weighted by Gasteiger charge is -2.11. The van der Waals surface area contributed by atoms with E-state index in [1.807, 2.05) is 30.3 Å². The maximum atomic E-state index is 12.2. The van der Waals surface area contributed by atoms with E-state index in [0.717, 1.165) is 5.75 Å². The highest BCUT2D eigenvalue weighted by Crippen LogP contribution is 2.11. The van der Waals surface area contributed by atoms with Crippen LogP contribution in [-0.4, -0.2) is 20.9 Å². The van der Waals surface area contributed by atoms with E-state index in [4.69, 9.17) is 9.15 Å². The van der Waals surface area contributed by atoms with Crippen LogP contribution in [-0.2, 0) is 17.9 Å². The molecule has 7 nitrogen and oxygen atoms in total. The lowest BCUT2D eigenvalue weighted by atomic mass is 10.3. The van der Waals surface area contributed by atoms with Crippen LogP contribution in [0.5, 0.6) is 5.75 Å². The molecular formula is C17H18N4O3. The minimum atomic E-state index is -0.474. The van der Waals surface area contributed by atoms with Crippen molar-refractivity contribution in [3.63, 3.8) is 0 Å². The fraction of sp³-hybridized carbons (Fsp3) is 0.235. The van der Waals surface area contributed by atoms with E-state index in [0.29, 0.717) is 24.6 Å². The number of rotatable bonds is 7. The first-order valence-electron chi connectivity index (χ1n) is 7.61. The van der Waals surface area contributed by atoms with Crippen LogP contribution in [0.1, 0.15) is 24.4 Å². The van der Waals surface area contributed by atoms with Crippen molar-refractivity contribution in [3.05, 3.63) is 66.4 Å². The van der Waals surface area contributed by atoms with Crippen LogP contribution in [0.4, 0.5) is 0 Å². The molecule has 0 aliphatic carbocycles. The Bertz CT molecular complexity index is 768. The van der Waals surface area contributed by atoms with Crippen LogP contribution in [0.2, 0.25) is 0 Å². The second-order valence-electron chi connectivity index (χ2n) is 5.26. The quantitative estimate of drug-likeness (QED) is 0.720. The summed E-state index contributed by atoms with van der Waals surface area (Å²) in [5.41, 5.74) is 0.657. The molecule has 0 aliphatic heterocycles. The minimum absolute atomic E-state index is 0.160. The van der Waals surface area contributed by atoms with Crippen molar-refractivity contribution in [2.45, 2.75) is 26.1 Å². The molecule has 1 aromatic carbocycles. The van der Waals surface area contributed by atoms with Crippen molar-refractivity contribution >= 4 is 5.91 Å². The Morgan fingerprint density at radius 1 is 1.29 bits per heavy atom. The number of nitrogens with zero attached hydrogens (tertiary/aromatic N) is 3. The number of hydrogen-bond donors (Lipinski definition) is 1. The van der Waals surface area contributed by atoms with Crippen molar-refractivity contribution in [3.8, 4) is 5.75 Å². The molecule has 0 fully saturated rings. The van der Waals surface area contributed by atoms with Gasteiger partial charge in [0.25, 0.3) is 0 Å². The molecule has 3 aromatic rings. The number of nitrogens with one attached hydrogen (secondary N) is 1. The first-order chi connectivity index (χ1) is 11.7. The van der Waals surface area contributed by atoms with Gasteiger partial charge in [0.15, 0.2) is 0 Å². The predicted molar refractivity (Wildman–Crippen MR) is 86.1 cm³/mol. The van der Waals surface area contributed by atoms with Crippen LogP contribution in [0.25, 0.3) is 0 Å². The molecular weight excluding hydrogens is 308 g/mol. The molecule has 2 heterocycles. The van der Waals surface area contributed by atoms with Gasteiger partial charge in [0, 0.05) is 0 Å².